The molecule has 19 heavy (non-hydrogen) atoms. The Bertz CT molecular complexity index is 691. The van der Waals surface area contributed by atoms with Gasteiger partial charge in [-0.15, -0.1) is 0 Å². The molecule has 5 nitrogen and oxygen atoms in total. The molecule has 0 bridgehead atoms. The molecule has 0 fully saturated rings. The number of sulfone groups is 1. The molecule has 2 unspecified atom stereocenters. The maximum atomic E-state index is 11.6. The Morgan fingerprint density at radius 1 is 1.32 bits per heavy atom. The van der Waals surface area contributed by atoms with Gasteiger partial charge in [-0.25, -0.2) is 13.8 Å². The molecular formula is C13H18N2O3S. The van der Waals surface area contributed by atoms with E-state index in [1.807, 2.05) is 31.2 Å². The maximum Gasteiger partial charge on any atom is 0.152 e. The minimum Gasteiger partial charge on any atom is -0.459 e. The first-order chi connectivity index (χ1) is 8.82. The van der Waals surface area contributed by atoms with Gasteiger partial charge >= 0.3 is 0 Å². The van der Waals surface area contributed by atoms with Gasteiger partial charge in [0, 0.05) is 11.6 Å². The van der Waals surface area contributed by atoms with Crippen LogP contribution in [0, 0.1) is 6.92 Å². The SMILES string of the molecule is Cc1ccc2oc(C(NN)C(C)S(C)(=O)=O)cc2c1. The third kappa shape index (κ3) is 2.80. The normalized spacial score (nSPS) is 15.6. The molecule has 0 saturated heterocycles. The highest BCUT2D eigenvalue weighted by Gasteiger charge is 2.29. The zero-order chi connectivity index (χ0) is 14.2. The summed E-state index contributed by atoms with van der Waals surface area (Å²) in [6, 6.07) is 7.06. The number of fused-ring (bicyclic) bond motifs is 1. The van der Waals surface area contributed by atoms with Crippen LogP contribution in [0.1, 0.15) is 24.3 Å². The standard InChI is InChI=1S/C13H18N2O3S/c1-8-4-5-11-10(6-8)7-12(18-11)13(15-14)9(2)19(3,16)17/h4-7,9,13,15H,14H2,1-3H3. The fraction of sp³-hybridized carbons (Fsp3) is 0.385. The second-order valence-electron chi connectivity index (χ2n) is 4.87. The summed E-state index contributed by atoms with van der Waals surface area (Å²) in [7, 11) is -3.21. The van der Waals surface area contributed by atoms with Crippen molar-refractivity contribution in [1.29, 1.82) is 0 Å². The van der Waals surface area contributed by atoms with Crippen molar-refractivity contribution in [3.63, 3.8) is 0 Å². The summed E-state index contributed by atoms with van der Waals surface area (Å²) in [5.41, 5.74) is 4.37. The van der Waals surface area contributed by atoms with E-state index in [9.17, 15) is 8.42 Å². The molecule has 0 aliphatic heterocycles. The topological polar surface area (TPSA) is 85.3 Å². The average Bonchev–Trinajstić information content (AvgIpc) is 2.71. The predicted molar refractivity (Wildman–Crippen MR) is 75.3 cm³/mol. The van der Waals surface area contributed by atoms with E-state index in [0.29, 0.717) is 5.76 Å². The molecule has 2 aromatic rings. The summed E-state index contributed by atoms with van der Waals surface area (Å²) in [4.78, 5) is 0. The van der Waals surface area contributed by atoms with Crippen LogP contribution in [0.25, 0.3) is 11.0 Å². The number of benzene rings is 1. The highest BCUT2D eigenvalue weighted by atomic mass is 32.2. The lowest BCUT2D eigenvalue weighted by Crippen LogP contribution is -2.38. The molecule has 104 valence electrons. The summed E-state index contributed by atoms with van der Waals surface area (Å²) in [6.45, 7) is 3.60. The summed E-state index contributed by atoms with van der Waals surface area (Å²) in [5, 5.41) is 0.273. The van der Waals surface area contributed by atoms with Crippen LogP contribution in [-0.4, -0.2) is 19.9 Å². The largest absolute Gasteiger partial charge is 0.459 e. The van der Waals surface area contributed by atoms with Gasteiger partial charge in [-0.3, -0.25) is 5.84 Å². The van der Waals surface area contributed by atoms with Crippen LogP contribution >= 0.6 is 0 Å². The molecule has 3 N–H and O–H groups in total. The molecule has 0 aliphatic carbocycles. The molecule has 0 aliphatic rings. The van der Waals surface area contributed by atoms with Crippen LogP contribution in [0.15, 0.2) is 28.7 Å². The summed E-state index contributed by atoms with van der Waals surface area (Å²) < 4.78 is 29.0. The van der Waals surface area contributed by atoms with Crippen LogP contribution < -0.4 is 11.3 Å². The Labute approximate surface area is 112 Å². The van der Waals surface area contributed by atoms with Gasteiger partial charge in [-0.1, -0.05) is 11.6 Å². The van der Waals surface area contributed by atoms with E-state index in [0.717, 1.165) is 16.5 Å². The molecule has 0 radical (unpaired) electrons. The number of nitrogens with one attached hydrogen (secondary N) is 1. The van der Waals surface area contributed by atoms with Gasteiger partial charge in [0.15, 0.2) is 9.84 Å². The van der Waals surface area contributed by atoms with Crippen molar-refractivity contribution >= 4 is 20.8 Å². The van der Waals surface area contributed by atoms with Crippen molar-refractivity contribution in [1.82, 2.24) is 5.43 Å². The van der Waals surface area contributed by atoms with Crippen LogP contribution in [0.4, 0.5) is 0 Å². The Kier molecular flexibility index (Phi) is 3.66. The fourth-order valence-corrected chi connectivity index (χ4v) is 2.74. The van der Waals surface area contributed by atoms with Gasteiger partial charge in [-0.2, -0.15) is 0 Å². The zero-order valence-corrected chi connectivity index (χ0v) is 12.0. The Morgan fingerprint density at radius 2 is 2.00 bits per heavy atom. The lowest BCUT2D eigenvalue weighted by atomic mass is 10.1. The zero-order valence-electron chi connectivity index (χ0n) is 11.2. The van der Waals surface area contributed by atoms with Gasteiger partial charge in [0.25, 0.3) is 0 Å². The first kappa shape index (κ1) is 14.0. The van der Waals surface area contributed by atoms with Crippen molar-refractivity contribution in [3.8, 4) is 0 Å². The molecule has 1 aromatic heterocycles. The van der Waals surface area contributed by atoms with Crippen LogP contribution in [0.3, 0.4) is 0 Å². The van der Waals surface area contributed by atoms with Gasteiger partial charge in [-0.05, 0) is 32.0 Å². The first-order valence-electron chi connectivity index (χ1n) is 5.98. The van der Waals surface area contributed by atoms with Gasteiger partial charge < -0.3 is 4.42 Å². The van der Waals surface area contributed by atoms with Crippen LogP contribution in [0.5, 0.6) is 0 Å². The van der Waals surface area contributed by atoms with Crippen molar-refractivity contribution in [2.45, 2.75) is 25.1 Å². The summed E-state index contributed by atoms with van der Waals surface area (Å²) in [6.07, 6.45) is 1.19. The van der Waals surface area contributed by atoms with E-state index in [-0.39, 0.29) is 0 Å². The number of aryl methyl sites for hydroxylation is 1. The number of hydrazine groups is 1. The molecule has 2 atom stereocenters. The van der Waals surface area contributed by atoms with Crippen LogP contribution in [-0.2, 0) is 9.84 Å². The Balaban J connectivity index is 2.47. The van der Waals surface area contributed by atoms with Crippen molar-refractivity contribution in [2.75, 3.05) is 6.26 Å². The van der Waals surface area contributed by atoms with Gasteiger partial charge in [0.1, 0.15) is 11.3 Å². The van der Waals surface area contributed by atoms with E-state index in [2.05, 4.69) is 5.43 Å². The van der Waals surface area contributed by atoms with Crippen molar-refractivity contribution in [2.24, 2.45) is 5.84 Å². The predicted octanol–water partition coefficient (Wildman–Crippen LogP) is 1.68. The molecule has 1 aromatic carbocycles. The highest BCUT2D eigenvalue weighted by molar-refractivity contribution is 7.91. The monoisotopic (exact) mass is 282 g/mol. The second-order valence-corrected chi connectivity index (χ2v) is 7.27. The maximum absolute atomic E-state index is 11.6. The highest BCUT2D eigenvalue weighted by Crippen LogP contribution is 2.28. The molecule has 0 saturated carbocycles. The molecule has 1 heterocycles. The number of hydrogen-bond acceptors (Lipinski definition) is 5. The molecular weight excluding hydrogens is 264 g/mol. The second kappa shape index (κ2) is 4.96. The lowest BCUT2D eigenvalue weighted by Gasteiger charge is -2.19. The third-order valence-electron chi connectivity index (χ3n) is 3.32. The smallest absolute Gasteiger partial charge is 0.152 e. The van der Waals surface area contributed by atoms with Crippen LogP contribution in [0.2, 0.25) is 0 Å². The number of furan rings is 1. The third-order valence-corrected chi connectivity index (χ3v) is 4.94. The summed E-state index contributed by atoms with van der Waals surface area (Å²) in [5.74, 6) is 6.01. The molecule has 6 heteroatoms. The minimum absolute atomic E-state index is 0.529. The molecule has 2 rings (SSSR count). The quantitative estimate of drug-likeness (QED) is 0.658. The minimum atomic E-state index is -3.21. The van der Waals surface area contributed by atoms with Gasteiger partial charge in [0.05, 0.1) is 11.3 Å². The van der Waals surface area contributed by atoms with E-state index in [4.69, 9.17) is 10.3 Å². The van der Waals surface area contributed by atoms with E-state index >= 15 is 0 Å². The van der Waals surface area contributed by atoms with Crippen molar-refractivity contribution in [3.05, 3.63) is 35.6 Å². The van der Waals surface area contributed by atoms with E-state index in [1.54, 1.807) is 6.92 Å². The van der Waals surface area contributed by atoms with E-state index in [1.165, 1.54) is 6.26 Å². The summed E-state index contributed by atoms with van der Waals surface area (Å²) >= 11 is 0. The number of rotatable bonds is 4. The average molecular weight is 282 g/mol. The van der Waals surface area contributed by atoms with Crippen molar-refractivity contribution < 1.29 is 12.8 Å². The molecule has 0 amide bonds. The number of nitrogens with two attached hydrogens (primary N) is 1. The van der Waals surface area contributed by atoms with E-state index < -0.39 is 21.1 Å². The molecule has 0 spiro atoms. The number of hydrogen-bond donors (Lipinski definition) is 2. The Morgan fingerprint density at radius 3 is 2.58 bits per heavy atom. The Hall–Kier alpha value is -1.37. The fourth-order valence-electron chi connectivity index (χ4n) is 2.03. The lowest BCUT2D eigenvalue weighted by molar-refractivity contribution is 0.424. The first-order valence-corrected chi connectivity index (χ1v) is 7.93. The van der Waals surface area contributed by atoms with Gasteiger partial charge in [0.2, 0.25) is 0 Å².